The van der Waals surface area contributed by atoms with Crippen LogP contribution in [0.15, 0.2) is 48.5 Å². The summed E-state index contributed by atoms with van der Waals surface area (Å²) in [6, 6.07) is 12.7. The summed E-state index contributed by atoms with van der Waals surface area (Å²) in [7, 11) is 0. The van der Waals surface area contributed by atoms with Crippen molar-refractivity contribution in [2.75, 3.05) is 13.1 Å². The summed E-state index contributed by atoms with van der Waals surface area (Å²) >= 11 is 0. The maximum absolute atomic E-state index is 13.2. The van der Waals surface area contributed by atoms with E-state index in [9.17, 15) is 19.5 Å². The Morgan fingerprint density at radius 3 is 2.68 bits per heavy atom. The van der Waals surface area contributed by atoms with Gasteiger partial charge in [-0.15, -0.1) is 0 Å². The first-order chi connectivity index (χ1) is 17.9. The van der Waals surface area contributed by atoms with Gasteiger partial charge in [0, 0.05) is 6.54 Å². The van der Waals surface area contributed by atoms with Crippen molar-refractivity contribution in [1.29, 1.82) is 0 Å². The van der Waals surface area contributed by atoms with Gasteiger partial charge in [0.05, 0.1) is 24.0 Å². The summed E-state index contributed by atoms with van der Waals surface area (Å²) < 4.78 is 0. The van der Waals surface area contributed by atoms with Gasteiger partial charge in [-0.2, -0.15) is 0 Å². The molecule has 0 radical (unpaired) electrons. The van der Waals surface area contributed by atoms with Crippen LogP contribution in [0.25, 0.3) is 11.0 Å². The van der Waals surface area contributed by atoms with Crippen molar-refractivity contribution in [3.8, 4) is 5.75 Å². The van der Waals surface area contributed by atoms with Gasteiger partial charge in [0.15, 0.2) is 0 Å². The van der Waals surface area contributed by atoms with E-state index in [1.54, 1.807) is 17.0 Å². The van der Waals surface area contributed by atoms with Gasteiger partial charge in [-0.3, -0.25) is 14.4 Å². The molecular formula is C27H34N6O4. The number of likely N-dealkylation sites (tertiary alicyclic amines) is 1. The van der Waals surface area contributed by atoms with Crippen molar-refractivity contribution in [3.63, 3.8) is 0 Å². The molecule has 37 heavy (non-hydrogen) atoms. The number of para-hydroxylation sites is 2. The van der Waals surface area contributed by atoms with Crippen LogP contribution in [-0.4, -0.2) is 62.9 Å². The standard InChI is InChI=1S/C27H34N6O4/c28-14-4-3-8-22(26(36)29-17-24-30-20-6-1-2-7-21(20)31-24)32-27(37)23-9-5-15-33(23)25(35)16-18-10-12-19(34)13-11-18/h1-2,6-7,10-13,22-23,34H,3-5,8-9,14-17,28H2,(H,29,36)(H,30,31)(H,32,37)/t22?,23-/m0/s1. The Morgan fingerprint density at radius 1 is 1.14 bits per heavy atom. The highest BCUT2D eigenvalue weighted by Gasteiger charge is 2.35. The van der Waals surface area contributed by atoms with Crippen LogP contribution < -0.4 is 16.4 Å². The van der Waals surface area contributed by atoms with Crippen LogP contribution in [0.5, 0.6) is 5.75 Å². The van der Waals surface area contributed by atoms with E-state index in [0.29, 0.717) is 38.2 Å². The highest BCUT2D eigenvalue weighted by Crippen LogP contribution is 2.20. The lowest BCUT2D eigenvalue weighted by molar-refractivity contribution is -0.139. The fourth-order valence-corrected chi connectivity index (χ4v) is 4.64. The zero-order chi connectivity index (χ0) is 26.2. The lowest BCUT2D eigenvalue weighted by Gasteiger charge is -2.26. The fourth-order valence-electron chi connectivity index (χ4n) is 4.64. The smallest absolute Gasteiger partial charge is 0.243 e. The van der Waals surface area contributed by atoms with E-state index in [1.807, 2.05) is 24.3 Å². The third kappa shape index (κ3) is 6.85. The molecule has 6 N–H and O–H groups in total. The van der Waals surface area contributed by atoms with Crippen LogP contribution in [-0.2, 0) is 27.3 Å². The number of aromatic nitrogens is 2. The SMILES string of the molecule is NCCCCC(NC(=O)[C@@H]1CCCN1C(=O)Cc1ccc(O)cc1)C(=O)NCc1nc2ccccc2[nH]1. The fraction of sp³-hybridized carbons (Fsp3) is 0.407. The van der Waals surface area contributed by atoms with Gasteiger partial charge in [0.2, 0.25) is 17.7 Å². The Labute approximate surface area is 215 Å². The van der Waals surface area contributed by atoms with Gasteiger partial charge in [0.25, 0.3) is 0 Å². The second-order valence-corrected chi connectivity index (χ2v) is 9.35. The molecule has 1 aliphatic rings. The Hall–Kier alpha value is -3.92. The number of amides is 3. The van der Waals surface area contributed by atoms with Gasteiger partial charge in [-0.1, -0.05) is 24.3 Å². The molecule has 0 spiro atoms. The molecule has 0 saturated carbocycles. The minimum Gasteiger partial charge on any atom is -0.508 e. The second kappa shape index (κ2) is 12.4. The van der Waals surface area contributed by atoms with Crippen LogP contribution in [0, 0.1) is 0 Å². The molecule has 2 atom stereocenters. The topological polar surface area (TPSA) is 153 Å². The van der Waals surface area contributed by atoms with Crippen molar-refractivity contribution in [1.82, 2.24) is 25.5 Å². The van der Waals surface area contributed by atoms with E-state index in [1.165, 1.54) is 12.1 Å². The number of aromatic amines is 1. The van der Waals surface area contributed by atoms with Crippen molar-refractivity contribution in [2.45, 2.75) is 57.2 Å². The molecule has 10 heteroatoms. The zero-order valence-corrected chi connectivity index (χ0v) is 20.8. The molecule has 4 rings (SSSR count). The van der Waals surface area contributed by atoms with Crippen molar-refractivity contribution in [3.05, 3.63) is 59.9 Å². The van der Waals surface area contributed by atoms with E-state index in [2.05, 4.69) is 20.6 Å². The van der Waals surface area contributed by atoms with Crippen molar-refractivity contribution in [2.24, 2.45) is 5.73 Å². The summed E-state index contributed by atoms with van der Waals surface area (Å²) in [5.41, 5.74) is 8.09. The maximum Gasteiger partial charge on any atom is 0.243 e. The van der Waals surface area contributed by atoms with E-state index < -0.39 is 12.1 Å². The second-order valence-electron chi connectivity index (χ2n) is 9.35. The Kier molecular flexibility index (Phi) is 8.73. The number of nitrogens with zero attached hydrogens (tertiary/aromatic N) is 2. The minimum absolute atomic E-state index is 0.133. The summed E-state index contributed by atoms with van der Waals surface area (Å²) in [5.74, 6) is -0.0198. The number of aromatic hydroxyl groups is 1. The Morgan fingerprint density at radius 2 is 1.92 bits per heavy atom. The highest BCUT2D eigenvalue weighted by molar-refractivity contribution is 5.92. The summed E-state index contributed by atoms with van der Waals surface area (Å²) in [4.78, 5) is 48.5. The third-order valence-electron chi connectivity index (χ3n) is 6.62. The largest absolute Gasteiger partial charge is 0.508 e. The Bertz CT molecular complexity index is 1190. The monoisotopic (exact) mass is 506 g/mol. The summed E-state index contributed by atoms with van der Waals surface area (Å²) in [6.07, 6.45) is 3.28. The first kappa shape index (κ1) is 26.2. The number of carbonyl (C=O) groups excluding carboxylic acids is 3. The highest BCUT2D eigenvalue weighted by atomic mass is 16.3. The number of hydrogen-bond acceptors (Lipinski definition) is 6. The molecule has 2 heterocycles. The molecule has 2 aromatic carbocycles. The average molecular weight is 507 g/mol. The number of phenolic OH excluding ortho intramolecular Hbond substituents is 1. The number of benzene rings is 2. The Balaban J connectivity index is 1.37. The van der Waals surface area contributed by atoms with E-state index in [0.717, 1.165) is 29.4 Å². The van der Waals surface area contributed by atoms with Crippen molar-refractivity contribution < 1.29 is 19.5 Å². The van der Waals surface area contributed by atoms with Crippen molar-refractivity contribution >= 4 is 28.8 Å². The molecular weight excluding hydrogens is 472 g/mol. The number of hydrogen-bond donors (Lipinski definition) is 5. The van der Waals surface area contributed by atoms with Crippen LogP contribution in [0.4, 0.5) is 0 Å². The van der Waals surface area contributed by atoms with E-state index >= 15 is 0 Å². The number of imidazole rings is 1. The minimum atomic E-state index is -0.738. The van der Waals surface area contributed by atoms with Gasteiger partial charge >= 0.3 is 0 Å². The van der Waals surface area contributed by atoms with Gasteiger partial charge in [-0.25, -0.2) is 4.98 Å². The molecule has 1 saturated heterocycles. The molecule has 0 bridgehead atoms. The summed E-state index contributed by atoms with van der Waals surface area (Å²) in [5, 5.41) is 15.2. The van der Waals surface area contributed by atoms with Crippen LogP contribution in [0.2, 0.25) is 0 Å². The first-order valence-electron chi connectivity index (χ1n) is 12.7. The number of phenols is 1. The van der Waals surface area contributed by atoms with Crippen LogP contribution in [0.1, 0.15) is 43.5 Å². The van der Waals surface area contributed by atoms with Gasteiger partial charge in [-0.05, 0) is 68.5 Å². The quantitative estimate of drug-likeness (QED) is 0.250. The zero-order valence-electron chi connectivity index (χ0n) is 20.8. The molecule has 3 aromatic rings. The number of nitrogens with one attached hydrogen (secondary N) is 3. The van der Waals surface area contributed by atoms with Crippen LogP contribution >= 0.6 is 0 Å². The third-order valence-corrected chi connectivity index (χ3v) is 6.62. The number of rotatable bonds is 11. The first-order valence-corrected chi connectivity index (χ1v) is 12.7. The lowest BCUT2D eigenvalue weighted by atomic mass is 10.1. The number of carbonyl (C=O) groups is 3. The normalized spacial score (nSPS) is 16.0. The maximum atomic E-state index is 13.2. The molecule has 1 unspecified atom stereocenters. The molecule has 1 aliphatic heterocycles. The summed E-state index contributed by atoms with van der Waals surface area (Å²) in [6.45, 7) is 1.20. The molecule has 1 aromatic heterocycles. The van der Waals surface area contributed by atoms with Gasteiger partial charge < -0.3 is 31.4 Å². The molecule has 3 amide bonds. The molecule has 196 valence electrons. The molecule has 1 fully saturated rings. The number of H-pyrrole nitrogens is 1. The number of nitrogens with two attached hydrogens (primary N) is 1. The predicted octanol–water partition coefficient (Wildman–Crippen LogP) is 1.73. The van der Waals surface area contributed by atoms with E-state index in [4.69, 9.17) is 5.73 Å². The predicted molar refractivity (Wildman–Crippen MR) is 139 cm³/mol. The average Bonchev–Trinajstić information content (AvgIpc) is 3.55. The number of unbranched alkanes of at least 4 members (excludes halogenated alkanes) is 1. The van der Waals surface area contributed by atoms with Gasteiger partial charge in [0.1, 0.15) is 23.7 Å². The molecule has 10 nitrogen and oxygen atoms in total. The lowest BCUT2D eigenvalue weighted by Crippen LogP contribution is -2.53. The molecule has 0 aliphatic carbocycles. The number of fused-ring (bicyclic) bond motifs is 1. The van der Waals surface area contributed by atoms with Crippen LogP contribution in [0.3, 0.4) is 0 Å². The van der Waals surface area contributed by atoms with E-state index in [-0.39, 0.29) is 36.4 Å².